The average Bonchev–Trinajstić information content (AvgIpc) is 2.61. The van der Waals surface area contributed by atoms with Crippen molar-refractivity contribution >= 4 is 10.9 Å². The molecule has 5 N–H and O–H groups in total. The lowest BCUT2D eigenvalue weighted by Crippen LogP contribution is -2.04. The maximum absolute atomic E-state index is 10.2. The van der Waals surface area contributed by atoms with Gasteiger partial charge in [0, 0.05) is 22.2 Å². The molecule has 0 spiro atoms. The van der Waals surface area contributed by atoms with E-state index in [0.717, 1.165) is 28.6 Å². The molecule has 1 aromatic heterocycles. The Hall–Kier alpha value is -1.52. The van der Waals surface area contributed by atoms with Crippen LogP contribution < -0.4 is 5.73 Å². The predicted octanol–water partition coefficient (Wildman–Crippen LogP) is 1.95. The summed E-state index contributed by atoms with van der Waals surface area (Å²) in [6, 6.07) is 5.13. The third-order valence-corrected chi connectivity index (χ3v) is 3.03. The van der Waals surface area contributed by atoms with Crippen molar-refractivity contribution in [3.05, 3.63) is 29.5 Å². The van der Waals surface area contributed by atoms with E-state index in [4.69, 9.17) is 5.73 Å². The lowest BCUT2D eigenvalue weighted by molar-refractivity contribution is 0.166. The van der Waals surface area contributed by atoms with E-state index in [0.29, 0.717) is 13.0 Å². The summed E-state index contributed by atoms with van der Waals surface area (Å²) in [5.74, 6) is 0.212. The number of hydrogen-bond acceptors (Lipinski definition) is 3. The van der Waals surface area contributed by atoms with Gasteiger partial charge in [-0.05, 0) is 44.5 Å². The summed E-state index contributed by atoms with van der Waals surface area (Å²) >= 11 is 0. The summed E-state index contributed by atoms with van der Waals surface area (Å²) in [6.45, 7) is 2.50. The van der Waals surface area contributed by atoms with Gasteiger partial charge in [0.1, 0.15) is 5.75 Å². The van der Waals surface area contributed by atoms with Gasteiger partial charge in [0.15, 0.2) is 0 Å². The third kappa shape index (κ3) is 2.28. The van der Waals surface area contributed by atoms with Gasteiger partial charge in [-0.1, -0.05) is 0 Å². The van der Waals surface area contributed by atoms with Crippen LogP contribution in [-0.4, -0.2) is 21.7 Å². The molecule has 2 aromatic rings. The highest BCUT2D eigenvalue weighted by Crippen LogP contribution is 2.32. The van der Waals surface area contributed by atoms with Gasteiger partial charge in [0.25, 0.3) is 0 Å². The fourth-order valence-electron chi connectivity index (χ4n) is 2.22. The van der Waals surface area contributed by atoms with Crippen LogP contribution in [0, 0.1) is 6.92 Å². The molecule has 1 unspecified atom stereocenters. The predicted molar refractivity (Wildman–Crippen MR) is 67.9 cm³/mol. The van der Waals surface area contributed by atoms with Crippen LogP contribution in [0.5, 0.6) is 5.75 Å². The number of phenolic OH excluding ortho intramolecular Hbond substituents is 1. The molecule has 4 nitrogen and oxygen atoms in total. The summed E-state index contributed by atoms with van der Waals surface area (Å²) in [6.07, 6.45) is 0.889. The van der Waals surface area contributed by atoms with Gasteiger partial charge in [0.05, 0.1) is 6.10 Å². The van der Waals surface area contributed by atoms with E-state index in [1.165, 1.54) is 0 Å². The Balaban J connectivity index is 2.44. The fraction of sp³-hybridized carbons (Fsp3) is 0.385. The molecule has 0 aliphatic heterocycles. The first kappa shape index (κ1) is 12.0. The molecule has 17 heavy (non-hydrogen) atoms. The van der Waals surface area contributed by atoms with Crippen LogP contribution in [0.4, 0.5) is 0 Å². The number of nitrogens with one attached hydrogen (secondary N) is 1. The molecular weight excluding hydrogens is 216 g/mol. The van der Waals surface area contributed by atoms with Crippen molar-refractivity contribution in [1.29, 1.82) is 0 Å². The molecule has 0 aliphatic carbocycles. The molecule has 1 atom stereocenters. The Morgan fingerprint density at radius 3 is 2.88 bits per heavy atom. The Morgan fingerprint density at radius 1 is 1.41 bits per heavy atom. The molecule has 0 fully saturated rings. The van der Waals surface area contributed by atoms with Crippen molar-refractivity contribution < 1.29 is 10.2 Å². The fourth-order valence-corrected chi connectivity index (χ4v) is 2.22. The van der Waals surface area contributed by atoms with E-state index in [1.807, 2.05) is 13.0 Å². The number of aliphatic hydroxyl groups excluding tert-OH is 1. The number of H-pyrrole nitrogens is 1. The molecule has 4 heteroatoms. The van der Waals surface area contributed by atoms with Gasteiger partial charge >= 0.3 is 0 Å². The van der Waals surface area contributed by atoms with E-state index in [-0.39, 0.29) is 5.75 Å². The number of aromatic amines is 1. The van der Waals surface area contributed by atoms with Gasteiger partial charge < -0.3 is 20.9 Å². The Labute approximate surface area is 100 Å². The number of aryl methyl sites for hydroxylation is 1. The van der Waals surface area contributed by atoms with Crippen molar-refractivity contribution in [3.63, 3.8) is 0 Å². The summed E-state index contributed by atoms with van der Waals surface area (Å²) in [5.41, 5.74) is 8.18. The number of rotatable bonds is 4. The molecular formula is C13H18N2O2. The third-order valence-electron chi connectivity index (χ3n) is 3.03. The second-order valence-electron chi connectivity index (χ2n) is 4.34. The Morgan fingerprint density at radius 2 is 2.18 bits per heavy atom. The van der Waals surface area contributed by atoms with Crippen LogP contribution >= 0.6 is 0 Å². The number of benzene rings is 1. The lowest BCUT2D eigenvalue weighted by atomic mass is 10.0. The monoisotopic (exact) mass is 234 g/mol. The second kappa shape index (κ2) is 4.77. The summed E-state index contributed by atoms with van der Waals surface area (Å²) in [7, 11) is 0. The molecule has 0 amide bonds. The molecule has 1 heterocycles. The van der Waals surface area contributed by atoms with E-state index in [2.05, 4.69) is 4.98 Å². The molecule has 0 bridgehead atoms. The summed E-state index contributed by atoms with van der Waals surface area (Å²) < 4.78 is 0. The van der Waals surface area contributed by atoms with Crippen molar-refractivity contribution in [2.45, 2.75) is 25.9 Å². The highest BCUT2D eigenvalue weighted by molar-refractivity contribution is 5.86. The van der Waals surface area contributed by atoms with Crippen LogP contribution in [0.1, 0.15) is 30.2 Å². The first-order valence-electron chi connectivity index (χ1n) is 5.83. The molecule has 0 aliphatic rings. The normalized spacial score (nSPS) is 13.1. The minimum atomic E-state index is -0.533. The molecule has 0 radical (unpaired) electrons. The van der Waals surface area contributed by atoms with Crippen molar-refractivity contribution in [2.75, 3.05) is 6.54 Å². The number of nitrogens with two attached hydrogens (primary N) is 1. The minimum absolute atomic E-state index is 0.212. The highest BCUT2D eigenvalue weighted by Gasteiger charge is 2.16. The topological polar surface area (TPSA) is 82.3 Å². The van der Waals surface area contributed by atoms with Crippen LogP contribution in [-0.2, 0) is 0 Å². The highest BCUT2D eigenvalue weighted by atomic mass is 16.3. The van der Waals surface area contributed by atoms with Gasteiger partial charge in [-0.2, -0.15) is 0 Å². The summed E-state index contributed by atoms with van der Waals surface area (Å²) in [5, 5.41) is 20.5. The van der Waals surface area contributed by atoms with E-state index >= 15 is 0 Å². The van der Waals surface area contributed by atoms with Crippen LogP contribution in [0.15, 0.2) is 18.2 Å². The number of fused-ring (bicyclic) bond motifs is 1. The molecule has 92 valence electrons. The number of aromatic nitrogens is 1. The van der Waals surface area contributed by atoms with E-state index in [9.17, 15) is 10.2 Å². The molecule has 0 saturated carbocycles. The van der Waals surface area contributed by atoms with E-state index in [1.54, 1.807) is 12.1 Å². The maximum atomic E-state index is 10.2. The number of aromatic hydroxyl groups is 1. The zero-order valence-corrected chi connectivity index (χ0v) is 9.90. The molecule has 0 saturated heterocycles. The van der Waals surface area contributed by atoms with Gasteiger partial charge in [-0.3, -0.25) is 0 Å². The molecule has 2 rings (SSSR count). The number of phenols is 1. The van der Waals surface area contributed by atoms with Crippen LogP contribution in [0.25, 0.3) is 10.9 Å². The SMILES string of the molecule is Cc1[nH]c2ccc(O)cc2c1C(O)CCCN. The van der Waals surface area contributed by atoms with Crippen LogP contribution in [0.3, 0.4) is 0 Å². The lowest BCUT2D eigenvalue weighted by Gasteiger charge is -2.10. The zero-order valence-electron chi connectivity index (χ0n) is 9.90. The summed E-state index contributed by atoms with van der Waals surface area (Å²) in [4.78, 5) is 3.21. The Kier molecular flexibility index (Phi) is 3.36. The van der Waals surface area contributed by atoms with Crippen LogP contribution in [0.2, 0.25) is 0 Å². The quantitative estimate of drug-likeness (QED) is 0.652. The first-order chi connectivity index (χ1) is 8.13. The van der Waals surface area contributed by atoms with Crippen molar-refractivity contribution in [2.24, 2.45) is 5.73 Å². The van der Waals surface area contributed by atoms with Gasteiger partial charge in [-0.15, -0.1) is 0 Å². The van der Waals surface area contributed by atoms with Gasteiger partial charge in [-0.25, -0.2) is 0 Å². The Bertz CT molecular complexity index is 519. The van der Waals surface area contributed by atoms with E-state index < -0.39 is 6.10 Å². The van der Waals surface area contributed by atoms with Crippen molar-refractivity contribution in [1.82, 2.24) is 4.98 Å². The second-order valence-corrected chi connectivity index (χ2v) is 4.34. The smallest absolute Gasteiger partial charge is 0.116 e. The number of aliphatic hydroxyl groups is 1. The maximum Gasteiger partial charge on any atom is 0.116 e. The van der Waals surface area contributed by atoms with Gasteiger partial charge in [0.2, 0.25) is 0 Å². The average molecular weight is 234 g/mol. The first-order valence-corrected chi connectivity index (χ1v) is 5.83. The van der Waals surface area contributed by atoms with Crippen molar-refractivity contribution in [3.8, 4) is 5.75 Å². The largest absolute Gasteiger partial charge is 0.508 e. The minimum Gasteiger partial charge on any atom is -0.508 e. The molecule has 1 aromatic carbocycles. The standard InChI is InChI=1S/C13H18N2O2/c1-8-13(12(17)3-2-6-14)10-7-9(16)4-5-11(10)15-8/h4-5,7,12,15-17H,2-3,6,14H2,1H3. The number of hydrogen-bond donors (Lipinski definition) is 4. The zero-order chi connectivity index (χ0) is 12.4.